The second kappa shape index (κ2) is 5.15. The molecule has 2 heterocycles. The molecule has 2 N–H and O–H groups in total. The zero-order valence-corrected chi connectivity index (χ0v) is 13.1. The third kappa shape index (κ3) is 2.66. The Hall–Kier alpha value is -1.87. The quantitative estimate of drug-likeness (QED) is 0.915. The molecule has 0 spiro atoms. The highest BCUT2D eigenvalue weighted by molar-refractivity contribution is 5.68. The lowest BCUT2D eigenvalue weighted by Crippen LogP contribution is -2.20. The average Bonchev–Trinajstić information content (AvgIpc) is 2.89. The maximum absolute atomic E-state index is 5.88. The first-order chi connectivity index (χ1) is 9.99. The van der Waals surface area contributed by atoms with Gasteiger partial charge in [-0.3, -0.25) is 0 Å². The molecule has 3 nitrogen and oxygen atoms in total. The summed E-state index contributed by atoms with van der Waals surface area (Å²) in [5.74, 6) is 1.02. The topological polar surface area (TPSA) is 42.1 Å². The zero-order chi connectivity index (χ0) is 15.0. The van der Waals surface area contributed by atoms with E-state index in [-0.39, 0.29) is 5.41 Å². The molecule has 3 rings (SSSR count). The Kier molecular flexibility index (Phi) is 3.46. The van der Waals surface area contributed by atoms with E-state index in [0.29, 0.717) is 6.54 Å². The van der Waals surface area contributed by atoms with Crippen LogP contribution in [-0.2, 0) is 18.4 Å². The summed E-state index contributed by atoms with van der Waals surface area (Å²) in [4.78, 5) is 7.21. The number of anilines is 2. The highest BCUT2D eigenvalue weighted by atomic mass is 15.2. The van der Waals surface area contributed by atoms with Gasteiger partial charge in [0.2, 0.25) is 0 Å². The van der Waals surface area contributed by atoms with E-state index in [4.69, 9.17) is 10.7 Å². The van der Waals surface area contributed by atoms with Gasteiger partial charge in [-0.1, -0.05) is 39.0 Å². The van der Waals surface area contributed by atoms with Crippen molar-refractivity contribution in [1.82, 2.24) is 4.98 Å². The molecule has 0 saturated heterocycles. The van der Waals surface area contributed by atoms with Gasteiger partial charge < -0.3 is 10.6 Å². The maximum atomic E-state index is 5.88. The maximum Gasteiger partial charge on any atom is 0.133 e. The van der Waals surface area contributed by atoms with Gasteiger partial charge in [0.15, 0.2) is 0 Å². The van der Waals surface area contributed by atoms with E-state index in [1.165, 1.54) is 11.3 Å². The third-order valence-electron chi connectivity index (χ3n) is 4.04. The Balaban J connectivity index is 2.07. The van der Waals surface area contributed by atoms with Gasteiger partial charge in [0, 0.05) is 29.9 Å². The van der Waals surface area contributed by atoms with Crippen molar-refractivity contribution in [2.75, 3.05) is 11.4 Å². The van der Waals surface area contributed by atoms with Gasteiger partial charge in [-0.15, -0.1) is 0 Å². The molecule has 0 radical (unpaired) electrons. The van der Waals surface area contributed by atoms with E-state index >= 15 is 0 Å². The number of rotatable bonds is 2. The van der Waals surface area contributed by atoms with Crippen LogP contribution >= 0.6 is 0 Å². The predicted octanol–water partition coefficient (Wildman–Crippen LogP) is 3.53. The first-order valence-corrected chi connectivity index (χ1v) is 7.56. The summed E-state index contributed by atoms with van der Waals surface area (Å²) >= 11 is 0. The molecule has 0 aliphatic carbocycles. The SMILES string of the molecule is CC(C)(C)c1cc(CN)cc(N2CCc3ccccc32)n1. The minimum Gasteiger partial charge on any atom is -0.326 e. The summed E-state index contributed by atoms with van der Waals surface area (Å²) in [5.41, 5.74) is 10.8. The molecule has 1 aliphatic rings. The Labute approximate surface area is 126 Å². The van der Waals surface area contributed by atoms with Crippen LogP contribution in [0.4, 0.5) is 11.5 Å². The largest absolute Gasteiger partial charge is 0.326 e. The van der Waals surface area contributed by atoms with Crippen LogP contribution in [0.25, 0.3) is 0 Å². The van der Waals surface area contributed by atoms with E-state index < -0.39 is 0 Å². The van der Waals surface area contributed by atoms with Gasteiger partial charge in [0.1, 0.15) is 5.82 Å². The van der Waals surface area contributed by atoms with Crippen LogP contribution < -0.4 is 10.6 Å². The van der Waals surface area contributed by atoms with Gasteiger partial charge in [-0.05, 0) is 35.7 Å². The van der Waals surface area contributed by atoms with Gasteiger partial charge in [-0.25, -0.2) is 4.98 Å². The molecule has 0 atom stereocenters. The summed E-state index contributed by atoms with van der Waals surface area (Å²) in [6.45, 7) is 8.12. The van der Waals surface area contributed by atoms with Crippen LogP contribution in [0.1, 0.15) is 37.6 Å². The van der Waals surface area contributed by atoms with E-state index in [1.54, 1.807) is 0 Å². The van der Waals surface area contributed by atoms with E-state index in [9.17, 15) is 0 Å². The van der Waals surface area contributed by atoms with Crippen molar-refractivity contribution in [2.45, 2.75) is 39.2 Å². The molecule has 110 valence electrons. The summed E-state index contributed by atoms with van der Waals surface area (Å²) in [7, 11) is 0. The van der Waals surface area contributed by atoms with Gasteiger partial charge >= 0.3 is 0 Å². The van der Waals surface area contributed by atoms with Gasteiger partial charge in [0.05, 0.1) is 0 Å². The summed E-state index contributed by atoms with van der Waals surface area (Å²) < 4.78 is 0. The number of aromatic nitrogens is 1. The Morgan fingerprint density at radius 3 is 2.67 bits per heavy atom. The van der Waals surface area contributed by atoms with Crippen LogP contribution in [0.2, 0.25) is 0 Å². The smallest absolute Gasteiger partial charge is 0.133 e. The number of para-hydroxylation sites is 1. The first-order valence-electron chi connectivity index (χ1n) is 7.56. The lowest BCUT2D eigenvalue weighted by atomic mass is 9.90. The molecule has 0 amide bonds. The predicted molar refractivity (Wildman–Crippen MR) is 88.0 cm³/mol. The highest BCUT2D eigenvalue weighted by Gasteiger charge is 2.23. The summed E-state index contributed by atoms with van der Waals surface area (Å²) in [5, 5.41) is 0. The van der Waals surface area contributed by atoms with Crippen LogP contribution in [-0.4, -0.2) is 11.5 Å². The van der Waals surface area contributed by atoms with E-state index in [2.05, 4.69) is 62.1 Å². The van der Waals surface area contributed by atoms with Crippen LogP contribution in [0.3, 0.4) is 0 Å². The standard InChI is InChI=1S/C18H23N3/c1-18(2,3)16-10-13(12-19)11-17(20-16)21-9-8-14-6-4-5-7-15(14)21/h4-7,10-11H,8-9,12,19H2,1-3H3. The first kappa shape index (κ1) is 14.1. The highest BCUT2D eigenvalue weighted by Crippen LogP contribution is 2.34. The number of nitrogens with zero attached hydrogens (tertiary/aromatic N) is 2. The fourth-order valence-electron chi connectivity index (χ4n) is 2.79. The molecule has 0 saturated carbocycles. The number of benzene rings is 1. The third-order valence-corrected chi connectivity index (χ3v) is 4.04. The number of nitrogens with two attached hydrogens (primary N) is 1. The molecule has 1 aromatic heterocycles. The fourth-order valence-corrected chi connectivity index (χ4v) is 2.79. The van der Waals surface area contributed by atoms with E-state index in [1.807, 2.05) is 0 Å². The second-order valence-corrected chi connectivity index (χ2v) is 6.70. The van der Waals surface area contributed by atoms with Crippen LogP contribution in [0, 0.1) is 0 Å². The molecular formula is C18H23N3. The van der Waals surface area contributed by atoms with Gasteiger partial charge in [-0.2, -0.15) is 0 Å². The second-order valence-electron chi connectivity index (χ2n) is 6.70. The van der Waals surface area contributed by atoms with Crippen LogP contribution in [0.5, 0.6) is 0 Å². The Morgan fingerprint density at radius 1 is 1.19 bits per heavy atom. The fraction of sp³-hybridized carbons (Fsp3) is 0.389. The number of hydrogen-bond donors (Lipinski definition) is 1. The number of pyridine rings is 1. The lowest BCUT2D eigenvalue weighted by molar-refractivity contribution is 0.567. The zero-order valence-electron chi connectivity index (χ0n) is 13.1. The molecular weight excluding hydrogens is 258 g/mol. The molecule has 3 heteroatoms. The Morgan fingerprint density at radius 2 is 1.95 bits per heavy atom. The molecule has 21 heavy (non-hydrogen) atoms. The van der Waals surface area contributed by atoms with Crippen molar-refractivity contribution < 1.29 is 0 Å². The summed E-state index contributed by atoms with van der Waals surface area (Å²) in [6, 6.07) is 12.8. The van der Waals surface area contributed by atoms with Crippen molar-refractivity contribution in [3.8, 4) is 0 Å². The summed E-state index contributed by atoms with van der Waals surface area (Å²) in [6.07, 6.45) is 1.08. The molecule has 1 aromatic carbocycles. The van der Waals surface area contributed by atoms with Crippen molar-refractivity contribution in [2.24, 2.45) is 5.73 Å². The average molecular weight is 281 g/mol. The monoisotopic (exact) mass is 281 g/mol. The normalized spacial score (nSPS) is 14.4. The molecule has 1 aliphatic heterocycles. The van der Waals surface area contributed by atoms with Crippen molar-refractivity contribution >= 4 is 11.5 Å². The van der Waals surface area contributed by atoms with E-state index in [0.717, 1.165) is 30.0 Å². The van der Waals surface area contributed by atoms with Crippen molar-refractivity contribution in [3.63, 3.8) is 0 Å². The van der Waals surface area contributed by atoms with Crippen molar-refractivity contribution in [3.05, 3.63) is 53.2 Å². The molecule has 0 bridgehead atoms. The van der Waals surface area contributed by atoms with Crippen molar-refractivity contribution in [1.29, 1.82) is 0 Å². The minimum atomic E-state index is 0.0270. The van der Waals surface area contributed by atoms with Crippen LogP contribution in [0.15, 0.2) is 36.4 Å². The number of hydrogen-bond acceptors (Lipinski definition) is 3. The molecule has 2 aromatic rings. The van der Waals surface area contributed by atoms with Gasteiger partial charge in [0.25, 0.3) is 0 Å². The molecule has 0 unspecified atom stereocenters. The Bertz CT molecular complexity index is 656. The lowest BCUT2D eigenvalue weighted by Gasteiger charge is -2.24. The minimum absolute atomic E-state index is 0.0270. The number of fused-ring (bicyclic) bond motifs is 1. The molecule has 0 fully saturated rings.